The first-order chi connectivity index (χ1) is 6.83. The van der Waals surface area contributed by atoms with Crippen molar-refractivity contribution >= 4 is 0 Å². The first-order valence-electron chi connectivity index (χ1n) is 6.23. The Bertz CT molecular complexity index is 141. The van der Waals surface area contributed by atoms with Crippen LogP contribution in [0.2, 0.25) is 0 Å². The lowest BCUT2D eigenvalue weighted by atomic mass is 10.1. The molecule has 1 aliphatic carbocycles. The molecule has 0 radical (unpaired) electrons. The van der Waals surface area contributed by atoms with E-state index >= 15 is 0 Å². The van der Waals surface area contributed by atoms with E-state index in [0.717, 1.165) is 18.6 Å². The molecule has 0 aliphatic heterocycles. The van der Waals surface area contributed by atoms with Gasteiger partial charge in [-0.2, -0.15) is 0 Å². The summed E-state index contributed by atoms with van der Waals surface area (Å²) in [5, 5.41) is 3.32. The summed E-state index contributed by atoms with van der Waals surface area (Å²) in [5.74, 6) is 0. The lowest BCUT2D eigenvalue weighted by Gasteiger charge is -2.35. The van der Waals surface area contributed by atoms with Gasteiger partial charge in [0.05, 0.1) is 0 Å². The van der Waals surface area contributed by atoms with Gasteiger partial charge in [-0.25, -0.2) is 0 Å². The summed E-state index contributed by atoms with van der Waals surface area (Å²) in [6.07, 6.45) is 7.00. The molecule has 0 amide bonds. The fraction of sp³-hybridized carbons (Fsp3) is 1.00. The highest BCUT2D eigenvalue weighted by Crippen LogP contribution is 2.25. The van der Waals surface area contributed by atoms with Crippen molar-refractivity contribution < 1.29 is 0 Å². The Morgan fingerprint density at radius 3 is 2.36 bits per heavy atom. The zero-order chi connectivity index (χ0) is 10.4. The molecule has 1 aliphatic rings. The van der Waals surface area contributed by atoms with Gasteiger partial charge in [-0.05, 0) is 32.9 Å². The minimum atomic E-state index is 0.744. The first-order valence-corrected chi connectivity index (χ1v) is 6.23. The van der Waals surface area contributed by atoms with E-state index < -0.39 is 0 Å². The van der Waals surface area contributed by atoms with E-state index in [1.54, 1.807) is 0 Å². The molecule has 1 N–H and O–H groups in total. The van der Waals surface area contributed by atoms with Crippen molar-refractivity contribution in [2.24, 2.45) is 0 Å². The molecule has 2 heteroatoms. The molecule has 1 fully saturated rings. The van der Waals surface area contributed by atoms with Crippen molar-refractivity contribution in [2.75, 3.05) is 20.1 Å². The van der Waals surface area contributed by atoms with Crippen molar-refractivity contribution in [1.82, 2.24) is 10.2 Å². The zero-order valence-electron chi connectivity index (χ0n) is 10.1. The summed E-state index contributed by atoms with van der Waals surface area (Å²) in [5.41, 5.74) is 0. The lowest BCUT2D eigenvalue weighted by molar-refractivity contribution is 0.138. The monoisotopic (exact) mass is 198 g/mol. The quantitative estimate of drug-likeness (QED) is 0.704. The fourth-order valence-electron chi connectivity index (χ4n) is 2.78. The van der Waals surface area contributed by atoms with Gasteiger partial charge in [0, 0.05) is 18.6 Å². The van der Waals surface area contributed by atoms with Gasteiger partial charge in [0.25, 0.3) is 0 Å². The Kier molecular flexibility index (Phi) is 5.49. The maximum absolute atomic E-state index is 3.32. The second-order valence-electron chi connectivity index (χ2n) is 4.39. The van der Waals surface area contributed by atoms with E-state index in [-0.39, 0.29) is 0 Å². The Morgan fingerprint density at radius 2 is 1.93 bits per heavy atom. The molecule has 1 rings (SSSR count). The van der Waals surface area contributed by atoms with Gasteiger partial charge in [0.1, 0.15) is 0 Å². The summed E-state index contributed by atoms with van der Waals surface area (Å²) in [7, 11) is 2.06. The topological polar surface area (TPSA) is 15.3 Å². The van der Waals surface area contributed by atoms with Crippen LogP contribution in [0.3, 0.4) is 0 Å². The van der Waals surface area contributed by atoms with Crippen LogP contribution in [0.15, 0.2) is 0 Å². The standard InChI is InChI=1S/C12H26N2/c1-4-11(10-13-3)14(5-2)12-8-6-7-9-12/h11-13H,4-10H2,1-3H3. The van der Waals surface area contributed by atoms with Crippen LogP contribution in [0.5, 0.6) is 0 Å². The summed E-state index contributed by atoms with van der Waals surface area (Å²) >= 11 is 0. The normalized spacial score (nSPS) is 20.6. The fourth-order valence-corrected chi connectivity index (χ4v) is 2.78. The van der Waals surface area contributed by atoms with Gasteiger partial charge in [-0.3, -0.25) is 4.90 Å². The summed E-state index contributed by atoms with van der Waals surface area (Å²) in [6.45, 7) is 6.96. The molecular formula is C12H26N2. The SMILES string of the molecule is CCC(CNC)N(CC)C1CCCC1. The van der Waals surface area contributed by atoms with Crippen LogP contribution in [0.1, 0.15) is 46.0 Å². The van der Waals surface area contributed by atoms with Crippen LogP contribution < -0.4 is 5.32 Å². The molecule has 1 atom stereocenters. The summed E-state index contributed by atoms with van der Waals surface area (Å²) in [6, 6.07) is 1.62. The number of rotatable bonds is 6. The van der Waals surface area contributed by atoms with Crippen LogP contribution in [0.4, 0.5) is 0 Å². The third-order valence-electron chi connectivity index (χ3n) is 3.54. The number of nitrogens with one attached hydrogen (secondary N) is 1. The van der Waals surface area contributed by atoms with Gasteiger partial charge in [0.2, 0.25) is 0 Å². The summed E-state index contributed by atoms with van der Waals surface area (Å²) in [4.78, 5) is 2.71. The van der Waals surface area contributed by atoms with Gasteiger partial charge in [-0.15, -0.1) is 0 Å². The predicted molar refractivity (Wildman–Crippen MR) is 62.6 cm³/mol. The third-order valence-corrected chi connectivity index (χ3v) is 3.54. The van der Waals surface area contributed by atoms with Gasteiger partial charge < -0.3 is 5.32 Å². The van der Waals surface area contributed by atoms with Crippen LogP contribution >= 0.6 is 0 Å². The highest BCUT2D eigenvalue weighted by Gasteiger charge is 2.25. The third kappa shape index (κ3) is 2.96. The van der Waals surface area contributed by atoms with E-state index in [1.165, 1.54) is 38.6 Å². The molecule has 0 aromatic rings. The molecule has 0 aromatic heterocycles. The summed E-state index contributed by atoms with van der Waals surface area (Å²) < 4.78 is 0. The van der Waals surface area contributed by atoms with Crippen molar-refractivity contribution in [3.63, 3.8) is 0 Å². The van der Waals surface area contributed by atoms with E-state index in [1.807, 2.05) is 0 Å². The van der Waals surface area contributed by atoms with Gasteiger partial charge >= 0.3 is 0 Å². The van der Waals surface area contributed by atoms with Crippen LogP contribution in [0, 0.1) is 0 Å². The zero-order valence-corrected chi connectivity index (χ0v) is 10.1. The highest BCUT2D eigenvalue weighted by molar-refractivity contribution is 4.82. The van der Waals surface area contributed by atoms with E-state index in [2.05, 4.69) is 31.1 Å². The van der Waals surface area contributed by atoms with E-state index in [9.17, 15) is 0 Å². The molecule has 2 nitrogen and oxygen atoms in total. The first kappa shape index (κ1) is 12.0. The lowest BCUT2D eigenvalue weighted by Crippen LogP contribution is -2.46. The molecule has 0 saturated heterocycles. The second kappa shape index (κ2) is 6.41. The van der Waals surface area contributed by atoms with Crippen LogP contribution in [-0.4, -0.2) is 37.1 Å². The number of hydrogen-bond acceptors (Lipinski definition) is 2. The molecule has 1 unspecified atom stereocenters. The van der Waals surface area contributed by atoms with E-state index in [4.69, 9.17) is 0 Å². The van der Waals surface area contributed by atoms with Crippen molar-refractivity contribution in [1.29, 1.82) is 0 Å². The Labute approximate surface area is 89.1 Å². The highest BCUT2D eigenvalue weighted by atomic mass is 15.2. The largest absolute Gasteiger partial charge is 0.318 e. The Balaban J connectivity index is 2.48. The molecule has 14 heavy (non-hydrogen) atoms. The minimum absolute atomic E-state index is 0.744. The molecule has 0 bridgehead atoms. The Morgan fingerprint density at radius 1 is 1.29 bits per heavy atom. The van der Waals surface area contributed by atoms with Gasteiger partial charge in [0.15, 0.2) is 0 Å². The van der Waals surface area contributed by atoms with Crippen LogP contribution in [-0.2, 0) is 0 Å². The van der Waals surface area contributed by atoms with Crippen molar-refractivity contribution in [3.8, 4) is 0 Å². The number of likely N-dealkylation sites (N-methyl/N-ethyl adjacent to an activating group) is 2. The van der Waals surface area contributed by atoms with Crippen molar-refractivity contribution in [2.45, 2.75) is 58.0 Å². The van der Waals surface area contributed by atoms with E-state index in [0.29, 0.717) is 0 Å². The molecule has 0 spiro atoms. The van der Waals surface area contributed by atoms with Crippen molar-refractivity contribution in [3.05, 3.63) is 0 Å². The molecule has 0 heterocycles. The number of nitrogens with zero attached hydrogens (tertiary/aromatic N) is 1. The molecule has 0 aromatic carbocycles. The average Bonchev–Trinajstić information content (AvgIpc) is 2.71. The minimum Gasteiger partial charge on any atom is -0.318 e. The van der Waals surface area contributed by atoms with Gasteiger partial charge in [-0.1, -0.05) is 26.7 Å². The molecular weight excluding hydrogens is 172 g/mol. The average molecular weight is 198 g/mol. The smallest absolute Gasteiger partial charge is 0.0220 e. The molecule has 84 valence electrons. The second-order valence-corrected chi connectivity index (χ2v) is 4.39. The van der Waals surface area contributed by atoms with Crippen LogP contribution in [0.25, 0.3) is 0 Å². The molecule has 1 saturated carbocycles. The maximum atomic E-state index is 3.32. The Hall–Kier alpha value is -0.0800. The number of hydrogen-bond donors (Lipinski definition) is 1. The predicted octanol–water partition coefficient (Wildman–Crippen LogP) is 2.25. The maximum Gasteiger partial charge on any atom is 0.0220 e.